The summed E-state index contributed by atoms with van der Waals surface area (Å²) in [7, 11) is 4.69. The van der Waals surface area contributed by atoms with Gasteiger partial charge < -0.3 is 19.1 Å². The van der Waals surface area contributed by atoms with E-state index < -0.39 is 0 Å². The van der Waals surface area contributed by atoms with Gasteiger partial charge in [-0.2, -0.15) is 0 Å². The van der Waals surface area contributed by atoms with Gasteiger partial charge in [-0.15, -0.1) is 0 Å². The van der Waals surface area contributed by atoms with Crippen LogP contribution in [0.15, 0.2) is 18.2 Å². The summed E-state index contributed by atoms with van der Waals surface area (Å²) in [6.45, 7) is 1.62. The Balaban J connectivity index is 3.04. The van der Waals surface area contributed by atoms with E-state index in [2.05, 4.69) is 15.9 Å². The Morgan fingerprint density at radius 3 is 2.50 bits per heavy atom. The number of carbonyl (C=O) groups excluding carboxylic acids is 1. The van der Waals surface area contributed by atoms with Crippen molar-refractivity contribution in [1.82, 2.24) is 4.90 Å². The van der Waals surface area contributed by atoms with E-state index in [-0.39, 0.29) is 5.91 Å². The van der Waals surface area contributed by atoms with E-state index in [1.807, 2.05) is 0 Å². The maximum absolute atomic E-state index is 12.6. The van der Waals surface area contributed by atoms with Gasteiger partial charge in [0.25, 0.3) is 5.91 Å². The molecular formula is C14H20BrNO4. The van der Waals surface area contributed by atoms with Crippen LogP contribution in [0.25, 0.3) is 0 Å². The number of rotatable bonds is 8. The van der Waals surface area contributed by atoms with Crippen molar-refractivity contribution in [2.75, 3.05) is 46.4 Å². The predicted molar refractivity (Wildman–Crippen MR) is 81.1 cm³/mol. The number of methoxy groups -OCH3 is 3. The molecule has 0 N–H and O–H groups in total. The van der Waals surface area contributed by atoms with Crippen molar-refractivity contribution in [3.05, 3.63) is 23.8 Å². The minimum absolute atomic E-state index is 0.0998. The molecule has 1 amide bonds. The Kier molecular flexibility index (Phi) is 7.40. The lowest BCUT2D eigenvalue weighted by Crippen LogP contribution is -2.35. The average molecular weight is 346 g/mol. The van der Waals surface area contributed by atoms with Crippen LogP contribution >= 0.6 is 15.9 Å². The summed E-state index contributed by atoms with van der Waals surface area (Å²) in [5.41, 5.74) is 0.490. The van der Waals surface area contributed by atoms with Crippen molar-refractivity contribution < 1.29 is 19.0 Å². The Bertz CT molecular complexity index is 439. The molecule has 0 atom stereocenters. The maximum Gasteiger partial charge on any atom is 0.257 e. The maximum atomic E-state index is 12.6. The van der Waals surface area contributed by atoms with Crippen LogP contribution in [0.2, 0.25) is 0 Å². The van der Waals surface area contributed by atoms with E-state index in [0.29, 0.717) is 42.1 Å². The molecule has 0 aromatic heterocycles. The third-order valence-corrected chi connectivity index (χ3v) is 3.19. The summed E-state index contributed by atoms with van der Waals surface area (Å²) in [6, 6.07) is 5.27. The number of alkyl halides is 1. The van der Waals surface area contributed by atoms with Gasteiger partial charge in [0.2, 0.25) is 0 Å². The quantitative estimate of drug-likeness (QED) is 0.677. The lowest BCUT2D eigenvalue weighted by atomic mass is 10.1. The van der Waals surface area contributed by atoms with Gasteiger partial charge in [-0.3, -0.25) is 4.79 Å². The number of amides is 1. The first-order valence-electron chi connectivity index (χ1n) is 6.24. The zero-order valence-corrected chi connectivity index (χ0v) is 13.6. The van der Waals surface area contributed by atoms with Crippen LogP contribution in [0.3, 0.4) is 0 Å². The van der Waals surface area contributed by atoms with E-state index >= 15 is 0 Å². The van der Waals surface area contributed by atoms with E-state index in [0.717, 1.165) is 0 Å². The molecule has 0 unspecified atom stereocenters. The molecule has 1 aromatic rings. The minimum atomic E-state index is -0.0998. The van der Waals surface area contributed by atoms with E-state index in [4.69, 9.17) is 14.2 Å². The fourth-order valence-corrected chi connectivity index (χ4v) is 2.27. The molecule has 0 fully saturated rings. The monoisotopic (exact) mass is 345 g/mol. The molecule has 1 rings (SSSR count). The molecule has 5 nitrogen and oxygen atoms in total. The lowest BCUT2D eigenvalue weighted by Gasteiger charge is -2.23. The number of ether oxygens (including phenoxy) is 3. The highest BCUT2D eigenvalue weighted by Gasteiger charge is 2.21. The zero-order valence-electron chi connectivity index (χ0n) is 12.0. The molecule has 0 bridgehead atoms. The summed E-state index contributed by atoms with van der Waals surface area (Å²) >= 11 is 3.36. The van der Waals surface area contributed by atoms with Crippen LogP contribution < -0.4 is 9.47 Å². The zero-order chi connectivity index (χ0) is 15.0. The number of benzene rings is 1. The predicted octanol–water partition coefficient (Wildman–Crippen LogP) is 2.19. The topological polar surface area (TPSA) is 48.0 Å². The third kappa shape index (κ3) is 4.11. The Morgan fingerprint density at radius 1 is 1.20 bits per heavy atom. The van der Waals surface area contributed by atoms with Gasteiger partial charge >= 0.3 is 0 Å². The fourth-order valence-electron chi connectivity index (χ4n) is 1.84. The molecule has 112 valence electrons. The van der Waals surface area contributed by atoms with Crippen LogP contribution in [-0.2, 0) is 4.74 Å². The highest BCUT2D eigenvalue weighted by molar-refractivity contribution is 9.09. The van der Waals surface area contributed by atoms with Crippen molar-refractivity contribution in [2.24, 2.45) is 0 Å². The first kappa shape index (κ1) is 16.8. The van der Waals surface area contributed by atoms with E-state index in [1.54, 1.807) is 37.3 Å². The van der Waals surface area contributed by atoms with Gasteiger partial charge in [-0.1, -0.05) is 22.0 Å². The van der Waals surface area contributed by atoms with Crippen molar-refractivity contribution in [3.8, 4) is 11.5 Å². The van der Waals surface area contributed by atoms with E-state index in [9.17, 15) is 4.79 Å². The number of nitrogens with zero attached hydrogens (tertiary/aromatic N) is 1. The second-order valence-corrected chi connectivity index (χ2v) is 4.81. The molecule has 0 saturated carbocycles. The number of hydrogen-bond donors (Lipinski definition) is 0. The normalized spacial score (nSPS) is 10.2. The van der Waals surface area contributed by atoms with Gasteiger partial charge in [0, 0.05) is 25.5 Å². The SMILES string of the molecule is COCCN(CCBr)C(=O)c1cccc(OC)c1OC. The summed E-state index contributed by atoms with van der Waals surface area (Å²) in [5, 5.41) is 0.703. The molecule has 0 saturated heterocycles. The second-order valence-electron chi connectivity index (χ2n) is 4.02. The second kappa shape index (κ2) is 8.81. The smallest absolute Gasteiger partial charge is 0.257 e. The Hall–Kier alpha value is -1.27. The molecule has 0 aliphatic rings. The highest BCUT2D eigenvalue weighted by Crippen LogP contribution is 2.31. The molecule has 1 aromatic carbocycles. The fraction of sp³-hybridized carbons (Fsp3) is 0.500. The van der Waals surface area contributed by atoms with Crippen molar-refractivity contribution >= 4 is 21.8 Å². The standard InChI is InChI=1S/C14H20BrNO4/c1-18-10-9-16(8-7-15)14(17)11-5-4-6-12(19-2)13(11)20-3/h4-6H,7-10H2,1-3H3. The molecule has 0 heterocycles. The number of hydrogen-bond acceptors (Lipinski definition) is 4. The van der Waals surface area contributed by atoms with Gasteiger partial charge in [-0.05, 0) is 12.1 Å². The summed E-state index contributed by atoms with van der Waals surface area (Å²) in [4.78, 5) is 14.3. The molecule has 6 heteroatoms. The molecule has 0 aliphatic carbocycles. The minimum Gasteiger partial charge on any atom is -0.493 e. The van der Waals surface area contributed by atoms with Crippen molar-refractivity contribution in [1.29, 1.82) is 0 Å². The summed E-state index contributed by atoms with van der Waals surface area (Å²) < 4.78 is 15.6. The first-order chi connectivity index (χ1) is 9.69. The van der Waals surface area contributed by atoms with E-state index in [1.165, 1.54) is 7.11 Å². The van der Waals surface area contributed by atoms with Gasteiger partial charge in [0.05, 0.1) is 26.4 Å². The number of para-hydroxylation sites is 1. The van der Waals surface area contributed by atoms with Gasteiger partial charge in [0.15, 0.2) is 11.5 Å². The van der Waals surface area contributed by atoms with Crippen LogP contribution in [0.1, 0.15) is 10.4 Å². The van der Waals surface area contributed by atoms with Crippen LogP contribution in [-0.4, -0.2) is 57.2 Å². The number of halogens is 1. The first-order valence-corrected chi connectivity index (χ1v) is 7.36. The van der Waals surface area contributed by atoms with Gasteiger partial charge in [0.1, 0.15) is 0 Å². The van der Waals surface area contributed by atoms with Crippen LogP contribution in [0.4, 0.5) is 0 Å². The number of carbonyl (C=O) groups is 1. The summed E-state index contributed by atoms with van der Waals surface area (Å²) in [5.74, 6) is 0.901. The van der Waals surface area contributed by atoms with Crippen molar-refractivity contribution in [2.45, 2.75) is 0 Å². The van der Waals surface area contributed by atoms with Crippen molar-refractivity contribution in [3.63, 3.8) is 0 Å². The lowest BCUT2D eigenvalue weighted by molar-refractivity contribution is 0.0705. The molecule has 0 aliphatic heterocycles. The third-order valence-electron chi connectivity index (χ3n) is 2.84. The molecule has 0 radical (unpaired) electrons. The molecule has 20 heavy (non-hydrogen) atoms. The molecular weight excluding hydrogens is 326 g/mol. The van der Waals surface area contributed by atoms with Gasteiger partial charge in [-0.25, -0.2) is 0 Å². The Labute approximate surface area is 127 Å². The van der Waals surface area contributed by atoms with Crippen LogP contribution in [0.5, 0.6) is 11.5 Å². The summed E-state index contributed by atoms with van der Waals surface area (Å²) in [6.07, 6.45) is 0. The highest BCUT2D eigenvalue weighted by atomic mass is 79.9. The van der Waals surface area contributed by atoms with Crippen LogP contribution in [0, 0.1) is 0 Å². The average Bonchev–Trinajstić information content (AvgIpc) is 2.49. The molecule has 0 spiro atoms. The Morgan fingerprint density at radius 2 is 1.95 bits per heavy atom. The largest absolute Gasteiger partial charge is 0.493 e.